The van der Waals surface area contributed by atoms with Gasteiger partial charge in [0, 0.05) is 18.2 Å². The number of sulfonamides is 1. The summed E-state index contributed by atoms with van der Waals surface area (Å²) in [4.78, 5) is 24.5. The van der Waals surface area contributed by atoms with Crippen molar-refractivity contribution >= 4 is 38.4 Å². The Morgan fingerprint density at radius 1 is 0.971 bits per heavy atom. The summed E-state index contributed by atoms with van der Waals surface area (Å²) in [5.74, 6) is -0.641. The van der Waals surface area contributed by atoms with E-state index < -0.39 is 34.5 Å². The predicted octanol–water partition coefficient (Wildman–Crippen LogP) is 2.85. The highest BCUT2D eigenvalue weighted by Crippen LogP contribution is 2.31. The van der Waals surface area contributed by atoms with Crippen molar-refractivity contribution in [2.75, 3.05) is 25.1 Å². The Morgan fingerprint density at radius 2 is 1.71 bits per heavy atom. The number of anilines is 1. The molecule has 0 spiro atoms. The molecule has 1 unspecified atom stereocenters. The van der Waals surface area contributed by atoms with Gasteiger partial charge in [0.05, 0.1) is 18.1 Å². The van der Waals surface area contributed by atoms with E-state index >= 15 is 0 Å². The van der Waals surface area contributed by atoms with E-state index in [1.807, 2.05) is 36.4 Å². The number of rotatable bonds is 7. The first-order valence-corrected chi connectivity index (χ1v) is 12.2. The number of esters is 1. The van der Waals surface area contributed by atoms with Crippen molar-refractivity contribution in [3.63, 3.8) is 0 Å². The normalized spacial score (nSPS) is 14.1. The molecule has 0 saturated carbocycles. The summed E-state index contributed by atoms with van der Waals surface area (Å²) in [6.07, 6.45) is -0.436. The fourth-order valence-electron chi connectivity index (χ4n) is 3.35. The Morgan fingerprint density at radius 3 is 2.50 bits per heavy atom. The minimum atomic E-state index is -4.01. The van der Waals surface area contributed by atoms with Gasteiger partial charge in [-0.3, -0.25) is 9.59 Å². The topological polar surface area (TPSA) is 120 Å². The largest absolute Gasteiger partial charge is 0.490 e. The second kappa shape index (κ2) is 10.1. The molecule has 0 bridgehead atoms. The molecule has 0 saturated heterocycles. The number of hydrogen-bond donors (Lipinski definition) is 2. The van der Waals surface area contributed by atoms with E-state index in [9.17, 15) is 18.0 Å². The molecule has 2 N–H and O–H groups in total. The van der Waals surface area contributed by atoms with E-state index in [-0.39, 0.29) is 4.90 Å². The first-order valence-electron chi connectivity index (χ1n) is 10.7. The number of ether oxygens (including phenoxy) is 3. The van der Waals surface area contributed by atoms with Gasteiger partial charge < -0.3 is 19.5 Å². The van der Waals surface area contributed by atoms with Crippen LogP contribution in [0.1, 0.15) is 13.3 Å². The van der Waals surface area contributed by atoms with Gasteiger partial charge in [-0.15, -0.1) is 0 Å². The second-order valence-electron chi connectivity index (χ2n) is 7.67. The number of nitrogens with one attached hydrogen (secondary N) is 2. The van der Waals surface area contributed by atoms with E-state index in [1.54, 1.807) is 6.07 Å². The summed E-state index contributed by atoms with van der Waals surface area (Å²) in [6, 6.07) is 17.3. The van der Waals surface area contributed by atoms with E-state index in [1.165, 1.54) is 25.1 Å². The Kier molecular flexibility index (Phi) is 6.99. The van der Waals surface area contributed by atoms with E-state index in [4.69, 9.17) is 14.2 Å². The number of hydrogen-bond acceptors (Lipinski definition) is 7. The molecule has 3 aromatic rings. The molecule has 3 aromatic carbocycles. The molecule has 1 aliphatic rings. The predicted molar refractivity (Wildman–Crippen MR) is 125 cm³/mol. The van der Waals surface area contributed by atoms with Crippen LogP contribution >= 0.6 is 0 Å². The Labute approximate surface area is 197 Å². The molecule has 34 heavy (non-hydrogen) atoms. The highest BCUT2D eigenvalue weighted by Gasteiger charge is 2.22. The number of fused-ring (bicyclic) bond motifs is 2. The van der Waals surface area contributed by atoms with Crippen molar-refractivity contribution in [3.8, 4) is 11.5 Å². The van der Waals surface area contributed by atoms with Crippen LogP contribution in [0.5, 0.6) is 11.5 Å². The van der Waals surface area contributed by atoms with Crippen LogP contribution in [0, 0.1) is 0 Å². The van der Waals surface area contributed by atoms with Crippen LogP contribution in [-0.2, 0) is 24.3 Å². The highest BCUT2D eigenvalue weighted by molar-refractivity contribution is 7.89. The third kappa shape index (κ3) is 5.64. The lowest BCUT2D eigenvalue weighted by Gasteiger charge is -2.14. The Hall–Kier alpha value is -3.63. The van der Waals surface area contributed by atoms with Crippen LogP contribution in [0.2, 0.25) is 0 Å². The molecular weight excluding hydrogens is 460 g/mol. The molecule has 9 nitrogen and oxygen atoms in total. The minimum absolute atomic E-state index is 0.0772. The number of carbonyl (C=O) groups excluding carboxylic acids is 2. The van der Waals surface area contributed by atoms with Crippen LogP contribution < -0.4 is 19.5 Å². The molecule has 1 aliphatic heterocycles. The molecule has 0 fully saturated rings. The zero-order valence-corrected chi connectivity index (χ0v) is 19.3. The van der Waals surface area contributed by atoms with Crippen molar-refractivity contribution < 1.29 is 32.2 Å². The lowest BCUT2D eigenvalue weighted by molar-refractivity contribution is -0.151. The van der Waals surface area contributed by atoms with Gasteiger partial charge in [0.1, 0.15) is 6.54 Å². The summed E-state index contributed by atoms with van der Waals surface area (Å²) < 4.78 is 43.4. The van der Waals surface area contributed by atoms with E-state index in [2.05, 4.69) is 10.0 Å². The quantitative estimate of drug-likeness (QED) is 0.495. The fraction of sp³-hybridized carbons (Fsp3) is 0.250. The van der Waals surface area contributed by atoms with Gasteiger partial charge in [0.2, 0.25) is 10.0 Å². The smallest absolute Gasteiger partial charge is 0.321 e. The fourth-order valence-corrected chi connectivity index (χ4v) is 4.34. The Bertz CT molecular complexity index is 1320. The first-order chi connectivity index (χ1) is 16.3. The monoisotopic (exact) mass is 484 g/mol. The molecule has 4 rings (SSSR count). The maximum atomic E-state index is 12.6. The number of carbonyl (C=O) groups is 2. The molecule has 0 aliphatic carbocycles. The zero-order valence-electron chi connectivity index (χ0n) is 18.4. The lowest BCUT2D eigenvalue weighted by atomic mass is 10.1. The van der Waals surface area contributed by atoms with Gasteiger partial charge in [-0.1, -0.05) is 30.3 Å². The van der Waals surface area contributed by atoms with E-state index in [0.717, 1.165) is 10.8 Å². The molecule has 1 atom stereocenters. The maximum Gasteiger partial charge on any atom is 0.321 e. The van der Waals surface area contributed by atoms with Crippen LogP contribution in [0.4, 0.5) is 5.69 Å². The molecular formula is C24H24N2O7S. The summed E-state index contributed by atoms with van der Waals surface area (Å²) in [6.45, 7) is 1.67. The molecule has 0 radical (unpaired) electrons. The second-order valence-corrected chi connectivity index (χ2v) is 9.43. The van der Waals surface area contributed by atoms with Gasteiger partial charge in [-0.05, 0) is 42.0 Å². The van der Waals surface area contributed by atoms with Crippen LogP contribution in [0.25, 0.3) is 10.8 Å². The van der Waals surface area contributed by atoms with Crippen molar-refractivity contribution in [1.82, 2.24) is 4.72 Å². The summed E-state index contributed by atoms with van der Waals surface area (Å²) >= 11 is 0. The SMILES string of the molecule is CC(OC(=O)CNS(=O)(=O)c1ccc2c(c1)OCCCO2)C(=O)Nc1ccc2ccccc2c1. The van der Waals surface area contributed by atoms with Crippen molar-refractivity contribution in [3.05, 3.63) is 60.7 Å². The first kappa shape index (κ1) is 23.5. The van der Waals surface area contributed by atoms with Crippen molar-refractivity contribution in [2.45, 2.75) is 24.3 Å². The van der Waals surface area contributed by atoms with Gasteiger partial charge in [-0.2, -0.15) is 4.72 Å². The Balaban J connectivity index is 1.31. The highest BCUT2D eigenvalue weighted by atomic mass is 32.2. The van der Waals surface area contributed by atoms with Crippen molar-refractivity contribution in [1.29, 1.82) is 0 Å². The van der Waals surface area contributed by atoms with Gasteiger partial charge in [0.25, 0.3) is 5.91 Å². The summed E-state index contributed by atoms with van der Waals surface area (Å²) in [5.41, 5.74) is 0.557. The average molecular weight is 485 g/mol. The molecule has 1 heterocycles. The molecule has 0 aromatic heterocycles. The van der Waals surface area contributed by atoms with Gasteiger partial charge in [0.15, 0.2) is 17.6 Å². The van der Waals surface area contributed by atoms with E-state index in [0.29, 0.717) is 36.8 Å². The summed E-state index contributed by atoms with van der Waals surface area (Å²) in [5, 5.41) is 4.67. The van der Waals surface area contributed by atoms with Gasteiger partial charge in [-0.25, -0.2) is 8.42 Å². The minimum Gasteiger partial charge on any atom is -0.490 e. The van der Waals surface area contributed by atoms with Gasteiger partial charge >= 0.3 is 5.97 Å². The number of amides is 1. The van der Waals surface area contributed by atoms with Crippen LogP contribution in [0.3, 0.4) is 0 Å². The zero-order chi connectivity index (χ0) is 24.1. The molecule has 178 valence electrons. The van der Waals surface area contributed by atoms with Crippen molar-refractivity contribution in [2.24, 2.45) is 0 Å². The lowest BCUT2D eigenvalue weighted by Crippen LogP contribution is -2.35. The third-order valence-corrected chi connectivity index (χ3v) is 6.53. The molecule has 1 amide bonds. The van der Waals surface area contributed by atoms with Crippen LogP contribution in [0.15, 0.2) is 65.6 Å². The standard InChI is InChI=1S/C24H24N2O7S/c1-16(24(28)26-19-8-7-17-5-2-3-6-18(17)13-19)33-23(27)15-25-34(29,30)20-9-10-21-22(14-20)32-12-4-11-31-21/h2-3,5-10,13-14,16,25H,4,11-12,15H2,1H3,(H,26,28). The third-order valence-electron chi connectivity index (χ3n) is 5.13. The summed E-state index contributed by atoms with van der Waals surface area (Å²) in [7, 11) is -4.01. The molecule has 10 heteroatoms. The van der Waals surface area contributed by atoms with Crippen LogP contribution in [-0.4, -0.2) is 46.2 Å². The number of benzene rings is 3. The maximum absolute atomic E-state index is 12.6. The average Bonchev–Trinajstić information content (AvgIpc) is 3.07.